The summed E-state index contributed by atoms with van der Waals surface area (Å²) < 4.78 is 0. The molecule has 1 heterocycles. The Hall–Kier alpha value is -1.79. The van der Waals surface area contributed by atoms with E-state index in [2.05, 4.69) is 10.6 Å². The summed E-state index contributed by atoms with van der Waals surface area (Å²) >= 11 is 0. The standard InChI is InChI=1S/C12H19N3O4/c16-9(15-5-1-2-6-15)7-13-11(19)14-8-12(3-4-12)10(17)18/h1-8H2,(H,17,18)(H2,13,14,19). The highest BCUT2D eigenvalue weighted by Gasteiger charge is 2.50. The van der Waals surface area contributed by atoms with E-state index in [9.17, 15) is 14.4 Å². The number of hydrogen-bond acceptors (Lipinski definition) is 3. The summed E-state index contributed by atoms with van der Waals surface area (Å²) in [6.07, 6.45) is 3.21. The molecule has 7 heteroatoms. The average Bonchev–Trinajstić information content (AvgIpc) is 2.99. The molecule has 0 radical (unpaired) electrons. The fourth-order valence-corrected chi connectivity index (χ4v) is 2.16. The van der Waals surface area contributed by atoms with Gasteiger partial charge in [-0.05, 0) is 25.7 Å². The minimum absolute atomic E-state index is 0.0358. The van der Waals surface area contributed by atoms with Crippen molar-refractivity contribution < 1.29 is 19.5 Å². The van der Waals surface area contributed by atoms with Crippen molar-refractivity contribution in [1.29, 1.82) is 0 Å². The van der Waals surface area contributed by atoms with Crippen molar-refractivity contribution in [2.45, 2.75) is 25.7 Å². The van der Waals surface area contributed by atoms with Gasteiger partial charge < -0.3 is 20.6 Å². The lowest BCUT2D eigenvalue weighted by Gasteiger charge is -2.16. The van der Waals surface area contributed by atoms with Gasteiger partial charge in [-0.3, -0.25) is 9.59 Å². The van der Waals surface area contributed by atoms with Crippen LogP contribution in [-0.4, -0.2) is 54.1 Å². The Morgan fingerprint density at radius 2 is 1.74 bits per heavy atom. The van der Waals surface area contributed by atoms with Crippen LogP contribution in [0, 0.1) is 5.41 Å². The largest absolute Gasteiger partial charge is 0.481 e. The smallest absolute Gasteiger partial charge is 0.315 e. The topological polar surface area (TPSA) is 98.7 Å². The summed E-state index contributed by atoms with van der Waals surface area (Å²) in [5.41, 5.74) is -0.781. The number of urea groups is 1. The first-order valence-electron chi connectivity index (χ1n) is 6.56. The maximum absolute atomic E-state index is 11.7. The van der Waals surface area contributed by atoms with E-state index in [1.165, 1.54) is 0 Å². The van der Waals surface area contributed by atoms with E-state index in [4.69, 9.17) is 5.11 Å². The van der Waals surface area contributed by atoms with Gasteiger partial charge in [0.1, 0.15) is 0 Å². The summed E-state index contributed by atoms with van der Waals surface area (Å²) in [5.74, 6) is -0.965. The molecule has 0 atom stereocenters. The van der Waals surface area contributed by atoms with E-state index in [1.807, 2.05) is 0 Å². The van der Waals surface area contributed by atoms with E-state index < -0.39 is 17.4 Å². The third-order valence-electron chi connectivity index (χ3n) is 3.75. The summed E-state index contributed by atoms with van der Waals surface area (Å²) in [7, 11) is 0. The van der Waals surface area contributed by atoms with Crippen molar-refractivity contribution in [3.8, 4) is 0 Å². The number of amides is 3. The van der Waals surface area contributed by atoms with Gasteiger partial charge in [0.25, 0.3) is 0 Å². The van der Waals surface area contributed by atoms with E-state index in [0.717, 1.165) is 25.9 Å². The lowest BCUT2D eigenvalue weighted by atomic mass is 10.1. The molecule has 1 aliphatic carbocycles. The molecule has 1 aliphatic heterocycles. The molecule has 0 aromatic carbocycles. The van der Waals surface area contributed by atoms with Gasteiger partial charge in [0.2, 0.25) is 5.91 Å². The van der Waals surface area contributed by atoms with Crippen LogP contribution in [0.1, 0.15) is 25.7 Å². The van der Waals surface area contributed by atoms with Crippen LogP contribution in [-0.2, 0) is 9.59 Å². The van der Waals surface area contributed by atoms with Crippen LogP contribution >= 0.6 is 0 Å². The van der Waals surface area contributed by atoms with Crippen molar-refractivity contribution in [2.75, 3.05) is 26.2 Å². The van der Waals surface area contributed by atoms with Crippen LogP contribution in [0.25, 0.3) is 0 Å². The average molecular weight is 269 g/mol. The number of nitrogens with zero attached hydrogens (tertiary/aromatic N) is 1. The fourth-order valence-electron chi connectivity index (χ4n) is 2.16. The highest BCUT2D eigenvalue weighted by molar-refractivity contribution is 5.85. The molecular weight excluding hydrogens is 250 g/mol. The van der Waals surface area contributed by atoms with Gasteiger partial charge in [-0.15, -0.1) is 0 Å². The lowest BCUT2D eigenvalue weighted by molar-refractivity contribution is -0.143. The third kappa shape index (κ3) is 3.36. The molecule has 2 rings (SSSR count). The number of hydrogen-bond donors (Lipinski definition) is 3. The molecule has 3 N–H and O–H groups in total. The summed E-state index contributed by atoms with van der Waals surface area (Å²) in [5, 5.41) is 13.9. The second kappa shape index (κ2) is 5.46. The molecule has 0 bridgehead atoms. The van der Waals surface area contributed by atoms with Crippen molar-refractivity contribution in [3.05, 3.63) is 0 Å². The second-order valence-corrected chi connectivity index (χ2v) is 5.21. The molecule has 0 aromatic heterocycles. The van der Waals surface area contributed by atoms with Gasteiger partial charge in [0.05, 0.1) is 12.0 Å². The maximum atomic E-state index is 11.7. The number of carboxylic acid groups (broad SMARTS) is 1. The van der Waals surface area contributed by atoms with Gasteiger partial charge in [-0.2, -0.15) is 0 Å². The van der Waals surface area contributed by atoms with Crippen LogP contribution in [0.4, 0.5) is 4.79 Å². The highest BCUT2D eigenvalue weighted by Crippen LogP contribution is 2.45. The molecule has 1 saturated carbocycles. The quantitative estimate of drug-likeness (QED) is 0.642. The molecule has 2 aliphatic rings. The van der Waals surface area contributed by atoms with Gasteiger partial charge in [0, 0.05) is 19.6 Å². The molecule has 2 fully saturated rings. The zero-order valence-electron chi connectivity index (χ0n) is 10.8. The number of likely N-dealkylation sites (tertiary alicyclic amines) is 1. The normalized spacial score (nSPS) is 19.9. The Morgan fingerprint density at radius 3 is 2.26 bits per heavy atom. The molecule has 1 saturated heterocycles. The van der Waals surface area contributed by atoms with Gasteiger partial charge in [-0.1, -0.05) is 0 Å². The number of aliphatic carboxylic acids is 1. The number of nitrogens with one attached hydrogen (secondary N) is 2. The van der Waals surface area contributed by atoms with Crippen molar-refractivity contribution in [1.82, 2.24) is 15.5 Å². The molecular formula is C12H19N3O4. The monoisotopic (exact) mass is 269 g/mol. The molecule has 0 aromatic rings. The minimum Gasteiger partial charge on any atom is -0.481 e. The zero-order valence-corrected chi connectivity index (χ0v) is 10.8. The Morgan fingerprint density at radius 1 is 1.11 bits per heavy atom. The first kappa shape index (κ1) is 13.6. The zero-order chi connectivity index (χ0) is 13.9. The van der Waals surface area contributed by atoms with Crippen LogP contribution in [0.15, 0.2) is 0 Å². The molecule has 0 unspecified atom stereocenters. The first-order chi connectivity index (χ1) is 9.03. The van der Waals surface area contributed by atoms with E-state index in [1.54, 1.807) is 4.90 Å². The predicted octanol–water partition coefficient (Wildman–Crippen LogP) is -0.227. The van der Waals surface area contributed by atoms with Gasteiger partial charge >= 0.3 is 12.0 Å². The first-order valence-corrected chi connectivity index (χ1v) is 6.56. The Kier molecular flexibility index (Phi) is 3.92. The maximum Gasteiger partial charge on any atom is 0.315 e. The van der Waals surface area contributed by atoms with Gasteiger partial charge in [0.15, 0.2) is 0 Å². The number of carboxylic acids is 1. The molecule has 0 spiro atoms. The summed E-state index contributed by atoms with van der Waals surface area (Å²) in [4.78, 5) is 35.8. The van der Waals surface area contributed by atoms with Crippen molar-refractivity contribution >= 4 is 17.9 Å². The molecule has 106 valence electrons. The highest BCUT2D eigenvalue weighted by atomic mass is 16.4. The van der Waals surface area contributed by atoms with E-state index in [0.29, 0.717) is 12.8 Å². The molecule has 3 amide bonds. The Balaban J connectivity index is 1.64. The van der Waals surface area contributed by atoms with Crippen LogP contribution in [0.5, 0.6) is 0 Å². The minimum atomic E-state index is -0.874. The predicted molar refractivity (Wildman–Crippen MR) is 66.5 cm³/mol. The van der Waals surface area contributed by atoms with Crippen molar-refractivity contribution in [2.24, 2.45) is 5.41 Å². The van der Waals surface area contributed by atoms with Crippen molar-refractivity contribution in [3.63, 3.8) is 0 Å². The van der Waals surface area contributed by atoms with Gasteiger partial charge in [-0.25, -0.2) is 4.79 Å². The van der Waals surface area contributed by atoms with Crippen LogP contribution in [0.2, 0.25) is 0 Å². The molecule has 7 nitrogen and oxygen atoms in total. The second-order valence-electron chi connectivity index (χ2n) is 5.21. The fraction of sp³-hybridized carbons (Fsp3) is 0.750. The number of rotatable bonds is 5. The van der Waals surface area contributed by atoms with Crippen LogP contribution in [0.3, 0.4) is 0 Å². The number of carbonyl (C=O) groups excluding carboxylic acids is 2. The Bertz CT molecular complexity index is 386. The Labute approximate surface area is 111 Å². The molecule has 19 heavy (non-hydrogen) atoms. The van der Waals surface area contributed by atoms with Crippen LogP contribution < -0.4 is 10.6 Å². The van der Waals surface area contributed by atoms with E-state index in [-0.39, 0.29) is 19.0 Å². The lowest BCUT2D eigenvalue weighted by Crippen LogP contribution is -2.45. The SMILES string of the molecule is O=C(NCC(=O)N1CCCC1)NCC1(C(=O)O)CC1. The van der Waals surface area contributed by atoms with E-state index >= 15 is 0 Å². The third-order valence-corrected chi connectivity index (χ3v) is 3.75. The summed E-state index contributed by atoms with van der Waals surface area (Å²) in [6, 6.07) is -0.486. The summed E-state index contributed by atoms with van der Waals surface area (Å²) in [6.45, 7) is 1.59. The number of carbonyl (C=O) groups is 3.